The van der Waals surface area contributed by atoms with Gasteiger partial charge in [-0.2, -0.15) is 0 Å². The number of likely N-dealkylation sites (N-methyl/N-ethyl adjacent to an activating group) is 1. The van der Waals surface area contributed by atoms with E-state index >= 15 is 0 Å². The number of carbonyl (C=O) groups is 2. The number of carbonyl (C=O) groups excluding carboxylic acids is 2. The summed E-state index contributed by atoms with van der Waals surface area (Å²) in [5.41, 5.74) is 3.02. The van der Waals surface area contributed by atoms with E-state index in [1.54, 1.807) is 18.2 Å². The third-order valence-electron chi connectivity index (χ3n) is 5.43. The molecule has 1 heterocycles. The summed E-state index contributed by atoms with van der Waals surface area (Å²) in [6.07, 6.45) is 0.864. The molecule has 1 unspecified atom stereocenters. The van der Waals surface area contributed by atoms with Gasteiger partial charge in [0.15, 0.2) is 12.6 Å². The van der Waals surface area contributed by atoms with E-state index in [0.717, 1.165) is 11.3 Å². The van der Waals surface area contributed by atoms with Gasteiger partial charge in [-0.25, -0.2) is 0 Å². The van der Waals surface area contributed by atoms with Crippen molar-refractivity contribution in [2.24, 2.45) is 0 Å². The summed E-state index contributed by atoms with van der Waals surface area (Å²) in [6, 6.07) is 12.9. The molecule has 1 aliphatic rings. The molecule has 0 bridgehead atoms. The number of anilines is 1. The van der Waals surface area contributed by atoms with Crippen molar-refractivity contribution in [2.75, 3.05) is 32.6 Å². The maximum atomic E-state index is 13.0. The van der Waals surface area contributed by atoms with Crippen molar-refractivity contribution in [3.63, 3.8) is 0 Å². The summed E-state index contributed by atoms with van der Waals surface area (Å²) in [6.45, 7) is 3.36. The molecule has 1 aliphatic heterocycles. The number of hydrogen-bond acceptors (Lipinski definition) is 3. The van der Waals surface area contributed by atoms with E-state index in [-0.39, 0.29) is 24.4 Å². The van der Waals surface area contributed by atoms with Gasteiger partial charge in [0.2, 0.25) is 0 Å². The highest BCUT2D eigenvalue weighted by Gasteiger charge is 2.30. The topological polar surface area (TPSA) is 63.1 Å². The zero-order chi connectivity index (χ0) is 21.0. The highest BCUT2D eigenvalue weighted by molar-refractivity contribution is 6.31. The highest BCUT2D eigenvalue weighted by atomic mass is 35.5. The molecule has 2 aromatic rings. The number of benzene rings is 2. The van der Waals surface area contributed by atoms with E-state index in [1.807, 2.05) is 31.0 Å². The third-order valence-corrected chi connectivity index (χ3v) is 5.66. The summed E-state index contributed by atoms with van der Waals surface area (Å²) in [5, 5.41) is 3.34. The predicted molar refractivity (Wildman–Crippen MR) is 113 cm³/mol. The zero-order valence-corrected chi connectivity index (χ0v) is 17.8. The smallest absolute Gasteiger partial charge is 0.280 e. The first-order valence-corrected chi connectivity index (χ1v) is 10.1. The second-order valence-corrected chi connectivity index (χ2v) is 7.85. The number of rotatable bonds is 6. The van der Waals surface area contributed by atoms with E-state index in [2.05, 4.69) is 17.4 Å². The second kappa shape index (κ2) is 9.29. The molecule has 0 saturated heterocycles. The van der Waals surface area contributed by atoms with Crippen LogP contribution >= 0.6 is 11.6 Å². The van der Waals surface area contributed by atoms with Gasteiger partial charge in [0, 0.05) is 18.1 Å². The van der Waals surface area contributed by atoms with Crippen LogP contribution in [-0.2, 0) is 22.6 Å². The number of fused-ring (bicyclic) bond motifs is 1. The predicted octanol–water partition coefficient (Wildman–Crippen LogP) is 1.78. The standard InChI is InChI=1S/C22H26ClN3O3/c1-15(22(28)26-11-10-16-6-4-5-7-17(16)13-26)25(2)14-21(27)24-19-12-18(23)8-9-20(19)29-3/h4-9,12,15H,10-11,13-14H2,1-3H3,(H,24,27)/p+1/t15-/m0/s1. The van der Waals surface area contributed by atoms with Gasteiger partial charge in [-0.1, -0.05) is 35.9 Å². The van der Waals surface area contributed by atoms with Crippen LogP contribution in [0.25, 0.3) is 0 Å². The maximum absolute atomic E-state index is 13.0. The number of amides is 2. The molecule has 0 saturated carbocycles. The van der Waals surface area contributed by atoms with Crippen molar-refractivity contribution in [3.8, 4) is 5.75 Å². The van der Waals surface area contributed by atoms with Gasteiger partial charge in [0.05, 0.1) is 19.8 Å². The van der Waals surface area contributed by atoms with Gasteiger partial charge >= 0.3 is 0 Å². The summed E-state index contributed by atoms with van der Waals surface area (Å²) in [7, 11) is 3.39. The number of quaternary nitrogens is 1. The van der Waals surface area contributed by atoms with E-state index in [4.69, 9.17) is 16.3 Å². The highest BCUT2D eigenvalue weighted by Crippen LogP contribution is 2.27. The second-order valence-electron chi connectivity index (χ2n) is 7.42. The van der Waals surface area contributed by atoms with E-state index in [0.29, 0.717) is 29.5 Å². The quantitative estimate of drug-likeness (QED) is 0.754. The Hall–Kier alpha value is -2.57. The molecule has 7 heteroatoms. The maximum Gasteiger partial charge on any atom is 0.280 e. The van der Waals surface area contributed by atoms with Gasteiger partial charge in [0.25, 0.3) is 11.8 Å². The van der Waals surface area contributed by atoms with Crippen molar-refractivity contribution < 1.29 is 19.2 Å². The molecule has 6 nitrogen and oxygen atoms in total. The molecule has 29 heavy (non-hydrogen) atoms. The van der Waals surface area contributed by atoms with Crippen molar-refractivity contribution in [2.45, 2.75) is 25.9 Å². The summed E-state index contributed by atoms with van der Waals surface area (Å²) in [5.74, 6) is 0.397. The number of hydrogen-bond donors (Lipinski definition) is 2. The third kappa shape index (κ3) is 5.08. The molecule has 154 valence electrons. The fourth-order valence-electron chi connectivity index (χ4n) is 3.55. The SMILES string of the molecule is COc1ccc(Cl)cc1NC(=O)C[NH+](C)[C@@H](C)C(=O)N1CCc2ccccc2C1. The Kier molecular flexibility index (Phi) is 6.77. The van der Waals surface area contributed by atoms with Gasteiger partial charge in [-0.3, -0.25) is 9.59 Å². The lowest BCUT2D eigenvalue weighted by atomic mass is 9.99. The van der Waals surface area contributed by atoms with E-state index in [1.165, 1.54) is 18.2 Å². The van der Waals surface area contributed by atoms with E-state index in [9.17, 15) is 9.59 Å². The number of ether oxygens (including phenoxy) is 1. The first kappa shape index (κ1) is 21.1. The first-order valence-electron chi connectivity index (χ1n) is 9.70. The van der Waals surface area contributed by atoms with Gasteiger partial charge < -0.3 is 19.9 Å². The van der Waals surface area contributed by atoms with Crippen molar-refractivity contribution in [3.05, 3.63) is 58.6 Å². The Labute approximate surface area is 176 Å². The van der Waals surface area contributed by atoms with Gasteiger partial charge in [0.1, 0.15) is 5.75 Å². The fourth-order valence-corrected chi connectivity index (χ4v) is 3.72. The lowest BCUT2D eigenvalue weighted by molar-refractivity contribution is -0.886. The molecule has 0 radical (unpaired) electrons. The molecule has 0 aromatic heterocycles. The first-order chi connectivity index (χ1) is 13.9. The van der Waals surface area contributed by atoms with Crippen LogP contribution in [-0.4, -0.2) is 50.0 Å². The lowest BCUT2D eigenvalue weighted by Crippen LogP contribution is -3.15. The number of nitrogens with zero attached hydrogens (tertiary/aromatic N) is 1. The van der Waals surface area contributed by atoms with Crippen molar-refractivity contribution in [1.82, 2.24) is 4.90 Å². The minimum absolute atomic E-state index is 0.0603. The largest absolute Gasteiger partial charge is 0.495 e. The van der Waals surface area contributed by atoms with Crippen LogP contribution in [0.4, 0.5) is 5.69 Å². The minimum atomic E-state index is -0.327. The summed E-state index contributed by atoms with van der Waals surface area (Å²) < 4.78 is 5.26. The molecular weight excluding hydrogens is 390 g/mol. The minimum Gasteiger partial charge on any atom is -0.495 e. The van der Waals surface area contributed by atoms with Gasteiger partial charge in [-0.05, 0) is 42.7 Å². The Morgan fingerprint density at radius 2 is 1.97 bits per heavy atom. The normalized spacial score (nSPS) is 15.2. The Morgan fingerprint density at radius 3 is 2.69 bits per heavy atom. The number of halogens is 1. The lowest BCUT2D eigenvalue weighted by Gasteiger charge is -2.32. The monoisotopic (exact) mass is 416 g/mol. The summed E-state index contributed by atoms with van der Waals surface area (Å²) in [4.78, 5) is 28.2. The van der Waals surface area contributed by atoms with Crippen LogP contribution in [0.3, 0.4) is 0 Å². The zero-order valence-electron chi connectivity index (χ0n) is 17.0. The van der Waals surface area contributed by atoms with Crippen molar-refractivity contribution in [1.29, 1.82) is 0 Å². The average Bonchev–Trinajstić information content (AvgIpc) is 2.72. The van der Waals surface area contributed by atoms with Crippen LogP contribution in [0.5, 0.6) is 5.75 Å². The van der Waals surface area contributed by atoms with Crippen LogP contribution in [0.1, 0.15) is 18.1 Å². The van der Waals surface area contributed by atoms with Crippen LogP contribution < -0.4 is 15.0 Å². The molecule has 0 spiro atoms. The molecule has 3 rings (SSSR count). The molecule has 2 aromatic carbocycles. The van der Waals surface area contributed by atoms with E-state index < -0.39 is 0 Å². The molecule has 2 N–H and O–H groups in total. The van der Waals surface area contributed by atoms with Crippen molar-refractivity contribution >= 4 is 29.1 Å². The number of nitrogens with one attached hydrogen (secondary N) is 2. The summed E-state index contributed by atoms with van der Waals surface area (Å²) >= 11 is 6.01. The average molecular weight is 417 g/mol. The Bertz CT molecular complexity index is 903. The fraction of sp³-hybridized carbons (Fsp3) is 0.364. The molecule has 2 atom stereocenters. The van der Waals surface area contributed by atoms with Crippen LogP contribution in [0.2, 0.25) is 5.02 Å². The molecular formula is C22H27ClN3O3+. The van der Waals surface area contributed by atoms with Crippen LogP contribution in [0.15, 0.2) is 42.5 Å². The molecule has 0 fully saturated rings. The Morgan fingerprint density at radius 1 is 1.24 bits per heavy atom. The van der Waals surface area contributed by atoms with Gasteiger partial charge in [-0.15, -0.1) is 0 Å². The molecule has 0 aliphatic carbocycles. The molecule has 2 amide bonds. The van der Waals surface area contributed by atoms with Crippen LogP contribution in [0, 0.1) is 0 Å². The number of methoxy groups -OCH3 is 1. The Balaban J connectivity index is 1.59.